The predicted molar refractivity (Wildman–Crippen MR) is 73.3 cm³/mol. The maximum atomic E-state index is 12.3. The van der Waals surface area contributed by atoms with Crippen LogP contribution in [0.2, 0.25) is 0 Å². The number of ketones is 1. The maximum absolute atomic E-state index is 12.3. The van der Waals surface area contributed by atoms with E-state index in [1.807, 2.05) is 12.1 Å². The first-order valence-corrected chi connectivity index (χ1v) is 7.05. The van der Waals surface area contributed by atoms with Gasteiger partial charge in [0.2, 0.25) is 11.8 Å². The highest BCUT2D eigenvalue weighted by Crippen LogP contribution is 2.24. The number of carbonyl (C=O) groups excluding carboxylic acids is 3. The van der Waals surface area contributed by atoms with Gasteiger partial charge in [0, 0.05) is 17.9 Å². The summed E-state index contributed by atoms with van der Waals surface area (Å²) in [6.45, 7) is 1.60. The van der Waals surface area contributed by atoms with Crippen molar-refractivity contribution in [2.75, 3.05) is 6.54 Å². The number of nitrogens with zero attached hydrogens (tertiary/aromatic N) is 1. The Morgan fingerprint density at radius 3 is 2.70 bits per heavy atom. The fourth-order valence-electron chi connectivity index (χ4n) is 2.99. The van der Waals surface area contributed by atoms with E-state index in [0.717, 1.165) is 24.2 Å². The molecule has 0 aromatic heterocycles. The van der Waals surface area contributed by atoms with Crippen LogP contribution in [0.5, 0.6) is 0 Å². The van der Waals surface area contributed by atoms with Crippen molar-refractivity contribution in [3.05, 3.63) is 34.9 Å². The predicted octanol–water partition coefficient (Wildman–Crippen LogP) is 1.75. The lowest BCUT2D eigenvalue weighted by Gasteiger charge is -2.13. The van der Waals surface area contributed by atoms with Crippen molar-refractivity contribution < 1.29 is 14.4 Å². The average molecular weight is 271 g/mol. The molecule has 1 aliphatic heterocycles. The number of carbonyl (C=O) groups is 3. The third kappa shape index (κ3) is 2.15. The molecule has 20 heavy (non-hydrogen) atoms. The highest BCUT2D eigenvalue weighted by molar-refractivity contribution is 6.08. The standard InChI is InChI=1S/C16H17NO3/c1-10-7-15(19)17(16(10)20)9-14(18)13-6-5-11-3-2-4-12(11)8-13/h5-6,8,10H,2-4,7,9H2,1H3. The van der Waals surface area contributed by atoms with Crippen LogP contribution in [0.15, 0.2) is 18.2 Å². The smallest absolute Gasteiger partial charge is 0.232 e. The van der Waals surface area contributed by atoms with Crippen LogP contribution in [0.1, 0.15) is 41.3 Å². The quantitative estimate of drug-likeness (QED) is 0.621. The first-order chi connectivity index (χ1) is 9.56. The Kier molecular flexibility index (Phi) is 3.16. The number of likely N-dealkylation sites (tertiary alicyclic amines) is 1. The monoisotopic (exact) mass is 271 g/mol. The second kappa shape index (κ2) is 4.85. The molecule has 0 bridgehead atoms. The minimum Gasteiger partial charge on any atom is -0.292 e. The van der Waals surface area contributed by atoms with Crippen molar-refractivity contribution in [3.8, 4) is 0 Å². The first-order valence-electron chi connectivity index (χ1n) is 7.05. The molecule has 1 fully saturated rings. The molecule has 0 radical (unpaired) electrons. The summed E-state index contributed by atoms with van der Waals surface area (Å²) in [5, 5.41) is 0. The topological polar surface area (TPSA) is 54.5 Å². The zero-order valence-corrected chi connectivity index (χ0v) is 11.5. The van der Waals surface area contributed by atoms with Gasteiger partial charge in [-0.3, -0.25) is 19.3 Å². The SMILES string of the molecule is CC1CC(=O)N(CC(=O)c2ccc3c(c2)CCC3)C1=O. The van der Waals surface area contributed by atoms with E-state index in [1.165, 1.54) is 11.1 Å². The number of rotatable bonds is 3. The summed E-state index contributed by atoms with van der Waals surface area (Å²) in [6, 6.07) is 5.71. The van der Waals surface area contributed by atoms with E-state index in [2.05, 4.69) is 0 Å². The van der Waals surface area contributed by atoms with Crippen LogP contribution >= 0.6 is 0 Å². The molecule has 1 saturated heterocycles. The molecular formula is C16H17NO3. The van der Waals surface area contributed by atoms with Crippen molar-refractivity contribution in [2.45, 2.75) is 32.6 Å². The summed E-state index contributed by atoms with van der Waals surface area (Å²) in [5.74, 6) is -0.924. The van der Waals surface area contributed by atoms with Gasteiger partial charge in [0.05, 0.1) is 6.54 Å². The second-order valence-electron chi connectivity index (χ2n) is 5.68. The van der Waals surface area contributed by atoms with Gasteiger partial charge in [-0.1, -0.05) is 19.1 Å². The molecule has 4 nitrogen and oxygen atoms in total. The van der Waals surface area contributed by atoms with Crippen molar-refractivity contribution in [2.24, 2.45) is 5.92 Å². The van der Waals surface area contributed by atoms with Crippen LogP contribution in [0.4, 0.5) is 0 Å². The molecule has 0 N–H and O–H groups in total. The molecular weight excluding hydrogens is 254 g/mol. The summed E-state index contributed by atoms with van der Waals surface area (Å²) in [4.78, 5) is 36.9. The molecule has 3 rings (SSSR count). The van der Waals surface area contributed by atoms with E-state index in [4.69, 9.17) is 0 Å². The Bertz CT molecular complexity index is 606. The number of fused-ring (bicyclic) bond motifs is 1. The maximum Gasteiger partial charge on any atom is 0.232 e. The number of benzene rings is 1. The number of aryl methyl sites for hydroxylation is 2. The van der Waals surface area contributed by atoms with Crippen molar-refractivity contribution in [1.82, 2.24) is 4.90 Å². The summed E-state index contributed by atoms with van der Waals surface area (Å²) < 4.78 is 0. The van der Waals surface area contributed by atoms with Gasteiger partial charge < -0.3 is 0 Å². The number of hydrogen-bond donors (Lipinski definition) is 0. The zero-order chi connectivity index (χ0) is 14.3. The minimum atomic E-state index is -0.296. The van der Waals surface area contributed by atoms with E-state index in [0.29, 0.717) is 5.56 Å². The molecule has 1 aliphatic carbocycles. The summed E-state index contributed by atoms with van der Waals surface area (Å²) >= 11 is 0. The van der Waals surface area contributed by atoms with E-state index < -0.39 is 0 Å². The third-order valence-electron chi connectivity index (χ3n) is 4.19. The van der Waals surface area contributed by atoms with Gasteiger partial charge in [-0.05, 0) is 36.5 Å². The molecule has 4 heteroatoms. The van der Waals surface area contributed by atoms with Gasteiger partial charge in [0.1, 0.15) is 0 Å². The number of hydrogen-bond acceptors (Lipinski definition) is 3. The molecule has 2 amide bonds. The lowest BCUT2D eigenvalue weighted by Crippen LogP contribution is -2.35. The van der Waals surface area contributed by atoms with Crippen LogP contribution < -0.4 is 0 Å². The van der Waals surface area contributed by atoms with E-state index in [-0.39, 0.29) is 36.5 Å². The Morgan fingerprint density at radius 1 is 1.25 bits per heavy atom. The Balaban J connectivity index is 1.77. The second-order valence-corrected chi connectivity index (χ2v) is 5.68. The fourth-order valence-corrected chi connectivity index (χ4v) is 2.99. The Morgan fingerprint density at radius 2 is 2.00 bits per heavy atom. The molecule has 1 heterocycles. The fraction of sp³-hybridized carbons (Fsp3) is 0.438. The van der Waals surface area contributed by atoms with Crippen molar-refractivity contribution in [1.29, 1.82) is 0 Å². The van der Waals surface area contributed by atoms with Gasteiger partial charge in [0.15, 0.2) is 5.78 Å². The number of amides is 2. The van der Waals surface area contributed by atoms with E-state index in [9.17, 15) is 14.4 Å². The normalized spacial score (nSPS) is 21.4. The first kappa shape index (κ1) is 13.0. The van der Waals surface area contributed by atoms with E-state index >= 15 is 0 Å². The summed E-state index contributed by atoms with van der Waals surface area (Å²) in [6.07, 6.45) is 3.43. The van der Waals surface area contributed by atoms with Gasteiger partial charge in [-0.25, -0.2) is 0 Å². The Hall–Kier alpha value is -1.97. The highest BCUT2D eigenvalue weighted by atomic mass is 16.2. The van der Waals surface area contributed by atoms with Crippen molar-refractivity contribution >= 4 is 17.6 Å². The molecule has 1 unspecified atom stereocenters. The minimum absolute atomic E-state index is 0.124. The van der Waals surface area contributed by atoms with Gasteiger partial charge >= 0.3 is 0 Å². The summed E-state index contributed by atoms with van der Waals surface area (Å²) in [7, 11) is 0. The highest BCUT2D eigenvalue weighted by Gasteiger charge is 2.36. The molecule has 104 valence electrons. The molecule has 1 atom stereocenters. The van der Waals surface area contributed by atoms with Gasteiger partial charge in [-0.2, -0.15) is 0 Å². The van der Waals surface area contributed by atoms with Crippen LogP contribution in [-0.4, -0.2) is 29.0 Å². The van der Waals surface area contributed by atoms with E-state index in [1.54, 1.807) is 13.0 Å². The number of Topliss-reactive ketones (excluding diaryl/α,β-unsaturated/α-hetero) is 1. The molecule has 0 saturated carbocycles. The van der Waals surface area contributed by atoms with Crippen molar-refractivity contribution in [3.63, 3.8) is 0 Å². The largest absolute Gasteiger partial charge is 0.292 e. The van der Waals surface area contributed by atoms with Crippen LogP contribution in [0, 0.1) is 5.92 Å². The van der Waals surface area contributed by atoms with Crippen LogP contribution in [0.3, 0.4) is 0 Å². The molecule has 1 aromatic carbocycles. The number of imide groups is 1. The molecule has 2 aliphatic rings. The lowest BCUT2D eigenvalue weighted by molar-refractivity contribution is -0.138. The Labute approximate surface area is 117 Å². The zero-order valence-electron chi connectivity index (χ0n) is 11.5. The molecule has 1 aromatic rings. The summed E-state index contributed by atoms with van der Waals surface area (Å²) in [5.41, 5.74) is 3.14. The van der Waals surface area contributed by atoms with Gasteiger partial charge in [0.25, 0.3) is 0 Å². The third-order valence-corrected chi connectivity index (χ3v) is 4.19. The van der Waals surface area contributed by atoms with Gasteiger partial charge in [-0.15, -0.1) is 0 Å². The average Bonchev–Trinajstić information content (AvgIpc) is 2.98. The lowest BCUT2D eigenvalue weighted by atomic mass is 10.0. The van der Waals surface area contributed by atoms with Crippen LogP contribution in [-0.2, 0) is 22.4 Å². The van der Waals surface area contributed by atoms with Crippen LogP contribution in [0.25, 0.3) is 0 Å². The molecule has 0 spiro atoms.